The molecule has 0 fully saturated rings. The van der Waals surface area contributed by atoms with Gasteiger partial charge in [-0.05, 0) is 26.7 Å². The maximum Gasteiger partial charge on any atom is 0.431 e. The number of carbonyl (C=O) groups is 2. The summed E-state index contributed by atoms with van der Waals surface area (Å²) in [7, 11) is 0. The van der Waals surface area contributed by atoms with E-state index < -0.39 is 12.2 Å². The molecule has 0 aliphatic carbocycles. The van der Waals surface area contributed by atoms with E-state index in [1.165, 1.54) is 0 Å². The van der Waals surface area contributed by atoms with E-state index in [9.17, 15) is 9.59 Å². The number of hydrogen-bond donors (Lipinski definition) is 2. The Morgan fingerprint density at radius 3 is 1.50 bits per heavy atom. The van der Waals surface area contributed by atoms with E-state index in [-0.39, 0.29) is 0 Å². The highest BCUT2D eigenvalue weighted by molar-refractivity contribution is 5.65. The molecular formula is C12H24N2O6. The first-order valence-corrected chi connectivity index (χ1v) is 6.79. The number of rotatable bonds is 11. The first-order chi connectivity index (χ1) is 9.70. The minimum Gasteiger partial charge on any atom is -0.448 e. The van der Waals surface area contributed by atoms with Crippen molar-refractivity contribution in [2.24, 2.45) is 0 Å². The molecule has 0 aliphatic heterocycles. The zero-order valence-electron chi connectivity index (χ0n) is 12.1. The number of amides is 2. The smallest absolute Gasteiger partial charge is 0.431 e. The van der Waals surface area contributed by atoms with E-state index in [2.05, 4.69) is 20.4 Å². The van der Waals surface area contributed by atoms with Crippen LogP contribution >= 0.6 is 0 Å². The highest BCUT2D eigenvalue weighted by Crippen LogP contribution is 1.99. The molecule has 118 valence electrons. The number of carbonyl (C=O) groups excluding carboxylic acids is 2. The average Bonchev–Trinajstić information content (AvgIpc) is 2.41. The average molecular weight is 292 g/mol. The summed E-state index contributed by atoms with van der Waals surface area (Å²) in [6.07, 6.45) is 2.35. The molecule has 20 heavy (non-hydrogen) atoms. The topological polar surface area (TPSA) is 95.1 Å². The van der Waals surface area contributed by atoms with Crippen LogP contribution in [0.2, 0.25) is 0 Å². The predicted octanol–water partition coefficient (Wildman–Crippen LogP) is 1.90. The van der Waals surface area contributed by atoms with E-state index in [0.717, 1.165) is 25.7 Å². The van der Waals surface area contributed by atoms with Gasteiger partial charge in [-0.25, -0.2) is 9.59 Å². The molecule has 0 bridgehead atoms. The van der Waals surface area contributed by atoms with Crippen LogP contribution < -0.4 is 11.0 Å². The Morgan fingerprint density at radius 1 is 0.750 bits per heavy atom. The van der Waals surface area contributed by atoms with Gasteiger partial charge in [0, 0.05) is 0 Å². The lowest BCUT2D eigenvalue weighted by atomic mass is 10.2. The Morgan fingerprint density at radius 2 is 1.15 bits per heavy atom. The highest BCUT2D eigenvalue weighted by Gasteiger charge is 2.00. The van der Waals surface area contributed by atoms with Crippen molar-refractivity contribution >= 4 is 12.2 Å². The van der Waals surface area contributed by atoms with Crippen molar-refractivity contribution in [2.75, 3.05) is 26.4 Å². The van der Waals surface area contributed by atoms with Gasteiger partial charge in [-0.2, -0.15) is 11.0 Å². The van der Waals surface area contributed by atoms with Crippen molar-refractivity contribution in [1.29, 1.82) is 0 Å². The molecule has 0 unspecified atom stereocenters. The molecule has 0 aromatic carbocycles. The molecular weight excluding hydrogens is 268 g/mol. The van der Waals surface area contributed by atoms with Gasteiger partial charge in [0.15, 0.2) is 0 Å². The van der Waals surface area contributed by atoms with Crippen LogP contribution in [-0.4, -0.2) is 38.6 Å². The Hall–Kier alpha value is -1.54. The minimum absolute atomic E-state index is 0.315. The van der Waals surface area contributed by atoms with Crippen LogP contribution in [0.15, 0.2) is 0 Å². The van der Waals surface area contributed by atoms with Crippen molar-refractivity contribution in [3.63, 3.8) is 0 Å². The van der Waals surface area contributed by atoms with Crippen molar-refractivity contribution in [2.45, 2.75) is 39.5 Å². The summed E-state index contributed by atoms with van der Waals surface area (Å²) >= 11 is 0. The van der Waals surface area contributed by atoms with Gasteiger partial charge in [0.25, 0.3) is 0 Å². The predicted molar refractivity (Wildman–Crippen MR) is 70.7 cm³/mol. The first-order valence-electron chi connectivity index (χ1n) is 6.79. The highest BCUT2D eigenvalue weighted by atomic mass is 16.7. The fraction of sp³-hybridized carbons (Fsp3) is 0.833. The van der Waals surface area contributed by atoms with Gasteiger partial charge in [-0.3, -0.25) is 9.68 Å². The van der Waals surface area contributed by atoms with E-state index in [4.69, 9.17) is 9.68 Å². The second-order valence-electron chi connectivity index (χ2n) is 3.76. The van der Waals surface area contributed by atoms with E-state index in [1.54, 1.807) is 13.8 Å². The molecule has 2 amide bonds. The van der Waals surface area contributed by atoms with E-state index in [1.807, 2.05) is 0 Å². The third kappa shape index (κ3) is 12.9. The number of nitrogens with one attached hydrogen (secondary N) is 2. The Labute approximate surface area is 119 Å². The molecule has 0 saturated heterocycles. The SMILES string of the molecule is CCOC(=O)NOCCCCCCONC(=O)OCC. The monoisotopic (exact) mass is 292 g/mol. The third-order valence-electron chi connectivity index (χ3n) is 2.10. The Kier molecular flexibility index (Phi) is 12.8. The van der Waals surface area contributed by atoms with Crippen LogP contribution in [0.3, 0.4) is 0 Å². The quantitative estimate of drug-likeness (QED) is 0.446. The summed E-state index contributed by atoms with van der Waals surface area (Å²) in [5.74, 6) is 0. The second-order valence-corrected chi connectivity index (χ2v) is 3.76. The van der Waals surface area contributed by atoms with E-state index in [0.29, 0.717) is 26.4 Å². The number of ether oxygens (including phenoxy) is 2. The fourth-order valence-corrected chi connectivity index (χ4v) is 1.24. The van der Waals surface area contributed by atoms with Crippen LogP contribution in [0, 0.1) is 0 Å². The minimum atomic E-state index is -0.578. The molecule has 0 aromatic rings. The largest absolute Gasteiger partial charge is 0.448 e. The summed E-state index contributed by atoms with van der Waals surface area (Å²) < 4.78 is 9.23. The molecule has 0 spiro atoms. The molecule has 8 nitrogen and oxygen atoms in total. The molecule has 0 aromatic heterocycles. The summed E-state index contributed by atoms with van der Waals surface area (Å²) in [6, 6.07) is 0. The molecule has 0 saturated carbocycles. The third-order valence-corrected chi connectivity index (χ3v) is 2.10. The van der Waals surface area contributed by atoms with Crippen LogP contribution in [0.5, 0.6) is 0 Å². The normalized spacial score (nSPS) is 9.90. The Balaban J connectivity index is 3.13. The molecule has 0 aliphatic rings. The van der Waals surface area contributed by atoms with Crippen LogP contribution in [0.25, 0.3) is 0 Å². The van der Waals surface area contributed by atoms with Crippen LogP contribution in [-0.2, 0) is 19.1 Å². The van der Waals surface area contributed by atoms with Crippen molar-refractivity contribution in [3.05, 3.63) is 0 Å². The maximum atomic E-state index is 10.8. The van der Waals surface area contributed by atoms with Crippen molar-refractivity contribution < 1.29 is 28.7 Å². The van der Waals surface area contributed by atoms with Gasteiger partial charge in [-0.1, -0.05) is 12.8 Å². The molecule has 2 N–H and O–H groups in total. The van der Waals surface area contributed by atoms with Gasteiger partial charge >= 0.3 is 12.2 Å². The first kappa shape index (κ1) is 18.5. The lowest BCUT2D eigenvalue weighted by molar-refractivity contribution is 0.0234. The standard InChI is InChI=1S/C12H24N2O6/c1-3-17-11(15)13-19-9-7-5-6-8-10-20-14-12(16)18-4-2/h3-10H2,1-2H3,(H,13,15)(H,14,16). The maximum absolute atomic E-state index is 10.8. The lowest BCUT2D eigenvalue weighted by Gasteiger charge is -2.06. The van der Waals surface area contributed by atoms with Gasteiger partial charge < -0.3 is 9.47 Å². The molecule has 0 radical (unpaired) electrons. The number of hydroxylamine groups is 2. The summed E-state index contributed by atoms with van der Waals surface area (Å²) in [4.78, 5) is 31.5. The molecule has 0 atom stereocenters. The lowest BCUT2D eigenvalue weighted by Crippen LogP contribution is -2.25. The molecule has 0 rings (SSSR count). The zero-order valence-corrected chi connectivity index (χ0v) is 12.1. The molecule has 0 heterocycles. The Bertz CT molecular complexity index is 236. The number of hydrogen-bond acceptors (Lipinski definition) is 6. The van der Waals surface area contributed by atoms with Gasteiger partial charge in [0.1, 0.15) is 0 Å². The number of unbranched alkanes of at least 4 members (excludes halogenated alkanes) is 3. The van der Waals surface area contributed by atoms with Crippen molar-refractivity contribution in [3.8, 4) is 0 Å². The molecule has 8 heteroatoms. The summed E-state index contributed by atoms with van der Waals surface area (Å²) in [5, 5.41) is 0. The fourth-order valence-electron chi connectivity index (χ4n) is 1.24. The summed E-state index contributed by atoms with van der Waals surface area (Å²) in [5.41, 5.74) is 4.34. The zero-order chi connectivity index (χ0) is 15.1. The summed E-state index contributed by atoms with van der Waals surface area (Å²) in [6.45, 7) is 4.93. The van der Waals surface area contributed by atoms with Gasteiger partial charge in [-0.15, -0.1) is 0 Å². The van der Waals surface area contributed by atoms with Crippen LogP contribution in [0.1, 0.15) is 39.5 Å². The van der Waals surface area contributed by atoms with Crippen LogP contribution in [0.4, 0.5) is 9.59 Å². The second kappa shape index (κ2) is 13.9. The van der Waals surface area contributed by atoms with Crippen molar-refractivity contribution in [1.82, 2.24) is 11.0 Å². The van der Waals surface area contributed by atoms with E-state index >= 15 is 0 Å². The van der Waals surface area contributed by atoms with Gasteiger partial charge in [0.2, 0.25) is 0 Å². The van der Waals surface area contributed by atoms with Gasteiger partial charge in [0.05, 0.1) is 26.4 Å².